The van der Waals surface area contributed by atoms with Gasteiger partial charge in [0.25, 0.3) is 0 Å². The van der Waals surface area contributed by atoms with Crippen LogP contribution in [0.5, 0.6) is 0 Å². The normalized spacial score (nSPS) is 12.4. The molecule has 0 saturated heterocycles. The molecule has 23 heavy (non-hydrogen) atoms. The number of nitrogens with zero attached hydrogens (tertiary/aromatic N) is 1. The van der Waals surface area contributed by atoms with Crippen molar-refractivity contribution in [1.29, 1.82) is 0 Å². The summed E-state index contributed by atoms with van der Waals surface area (Å²) in [5, 5.41) is 0.600. The topological polar surface area (TPSA) is 22.0 Å². The van der Waals surface area contributed by atoms with Crippen molar-refractivity contribution in [2.75, 3.05) is 0 Å². The third-order valence-electron chi connectivity index (χ3n) is 4.61. The van der Waals surface area contributed by atoms with Crippen molar-refractivity contribution < 1.29 is 4.79 Å². The molecule has 1 aliphatic carbocycles. The SMILES string of the molecule is CCn1c(C)c(-c2ccccc2)c2c1C(=O)c1cc(Cl)ccc1-2. The van der Waals surface area contributed by atoms with E-state index in [4.69, 9.17) is 11.6 Å². The zero-order chi connectivity index (χ0) is 16.1. The van der Waals surface area contributed by atoms with Crippen LogP contribution in [0.2, 0.25) is 5.02 Å². The molecule has 0 bridgehead atoms. The lowest BCUT2D eigenvalue weighted by atomic mass is 9.97. The molecule has 0 atom stereocenters. The van der Waals surface area contributed by atoms with E-state index in [0.717, 1.165) is 40.2 Å². The molecule has 0 saturated carbocycles. The van der Waals surface area contributed by atoms with Crippen molar-refractivity contribution >= 4 is 17.4 Å². The minimum atomic E-state index is 0.0737. The third kappa shape index (κ3) is 1.91. The van der Waals surface area contributed by atoms with Gasteiger partial charge in [-0.3, -0.25) is 4.79 Å². The van der Waals surface area contributed by atoms with Crippen molar-refractivity contribution in [3.05, 3.63) is 70.5 Å². The molecule has 4 rings (SSSR count). The fraction of sp³-hybridized carbons (Fsp3) is 0.150. The molecule has 2 nitrogen and oxygen atoms in total. The van der Waals surface area contributed by atoms with Gasteiger partial charge in [0, 0.05) is 34.0 Å². The van der Waals surface area contributed by atoms with E-state index in [0.29, 0.717) is 10.6 Å². The first-order valence-electron chi connectivity index (χ1n) is 7.76. The van der Waals surface area contributed by atoms with Crippen LogP contribution in [0.4, 0.5) is 0 Å². The van der Waals surface area contributed by atoms with Crippen LogP contribution in [0.25, 0.3) is 22.3 Å². The fourth-order valence-electron chi connectivity index (χ4n) is 3.64. The molecule has 0 amide bonds. The summed E-state index contributed by atoms with van der Waals surface area (Å²) in [6, 6.07) is 15.9. The highest BCUT2D eigenvalue weighted by molar-refractivity contribution is 6.32. The van der Waals surface area contributed by atoms with Crippen LogP contribution in [0.15, 0.2) is 48.5 Å². The number of benzene rings is 2. The predicted octanol–water partition coefficient (Wildman–Crippen LogP) is 5.35. The van der Waals surface area contributed by atoms with Gasteiger partial charge in [-0.15, -0.1) is 0 Å². The first-order valence-corrected chi connectivity index (χ1v) is 8.14. The second-order valence-corrected chi connectivity index (χ2v) is 6.25. The average molecular weight is 322 g/mol. The molecule has 0 fully saturated rings. The van der Waals surface area contributed by atoms with Gasteiger partial charge < -0.3 is 4.57 Å². The van der Waals surface area contributed by atoms with Crippen LogP contribution in [0.3, 0.4) is 0 Å². The Bertz CT molecular complexity index is 938. The fourth-order valence-corrected chi connectivity index (χ4v) is 3.81. The number of carbonyl (C=O) groups is 1. The van der Waals surface area contributed by atoms with Gasteiger partial charge in [0.15, 0.2) is 0 Å². The molecule has 0 N–H and O–H groups in total. The summed E-state index contributed by atoms with van der Waals surface area (Å²) in [5.74, 6) is 0.0737. The Morgan fingerprint density at radius 2 is 1.74 bits per heavy atom. The highest BCUT2D eigenvalue weighted by atomic mass is 35.5. The largest absolute Gasteiger partial charge is 0.341 e. The molecule has 0 radical (unpaired) electrons. The number of carbonyl (C=O) groups excluding carboxylic acids is 1. The minimum Gasteiger partial charge on any atom is -0.341 e. The van der Waals surface area contributed by atoms with Crippen LogP contribution >= 0.6 is 11.6 Å². The predicted molar refractivity (Wildman–Crippen MR) is 94.2 cm³/mol. The second-order valence-electron chi connectivity index (χ2n) is 5.81. The minimum absolute atomic E-state index is 0.0737. The Hall–Kier alpha value is -2.32. The van der Waals surface area contributed by atoms with E-state index in [1.54, 1.807) is 6.07 Å². The van der Waals surface area contributed by atoms with Gasteiger partial charge in [-0.1, -0.05) is 48.0 Å². The lowest BCUT2D eigenvalue weighted by molar-refractivity contribution is 0.103. The second kappa shape index (κ2) is 5.10. The van der Waals surface area contributed by atoms with Crippen molar-refractivity contribution in [1.82, 2.24) is 4.57 Å². The summed E-state index contributed by atoms with van der Waals surface area (Å²) in [7, 11) is 0. The van der Waals surface area contributed by atoms with E-state index in [1.807, 2.05) is 30.3 Å². The van der Waals surface area contributed by atoms with Gasteiger partial charge in [-0.2, -0.15) is 0 Å². The Labute approximate surface area is 140 Å². The molecule has 2 aromatic carbocycles. The summed E-state index contributed by atoms with van der Waals surface area (Å²) in [4.78, 5) is 12.9. The number of rotatable bonds is 2. The molecule has 0 aliphatic heterocycles. The summed E-state index contributed by atoms with van der Waals surface area (Å²) >= 11 is 6.10. The van der Waals surface area contributed by atoms with Crippen LogP contribution in [0, 0.1) is 6.92 Å². The van der Waals surface area contributed by atoms with Gasteiger partial charge in [-0.05, 0) is 37.1 Å². The maximum absolute atomic E-state index is 12.9. The van der Waals surface area contributed by atoms with E-state index in [9.17, 15) is 4.79 Å². The van der Waals surface area contributed by atoms with Gasteiger partial charge >= 0.3 is 0 Å². The lowest BCUT2D eigenvalue weighted by Crippen LogP contribution is -2.08. The number of halogens is 1. The summed E-state index contributed by atoms with van der Waals surface area (Å²) in [5.41, 5.74) is 6.97. The Morgan fingerprint density at radius 1 is 1.00 bits per heavy atom. The highest BCUT2D eigenvalue weighted by Gasteiger charge is 2.35. The summed E-state index contributed by atoms with van der Waals surface area (Å²) in [6.45, 7) is 4.94. The molecular formula is C20H16ClNO. The van der Waals surface area contributed by atoms with Crippen molar-refractivity contribution in [2.24, 2.45) is 0 Å². The smallest absolute Gasteiger partial charge is 0.210 e. The van der Waals surface area contributed by atoms with E-state index in [1.165, 1.54) is 0 Å². The number of hydrogen-bond donors (Lipinski definition) is 0. The number of ketones is 1. The zero-order valence-corrected chi connectivity index (χ0v) is 13.8. The van der Waals surface area contributed by atoms with Crippen LogP contribution in [-0.2, 0) is 6.54 Å². The first-order chi connectivity index (χ1) is 11.1. The molecule has 0 unspecified atom stereocenters. The van der Waals surface area contributed by atoms with Crippen molar-refractivity contribution in [3.8, 4) is 22.3 Å². The van der Waals surface area contributed by atoms with E-state index < -0.39 is 0 Å². The average Bonchev–Trinajstić information content (AvgIpc) is 3.00. The number of hydrogen-bond acceptors (Lipinski definition) is 1. The van der Waals surface area contributed by atoms with Gasteiger partial charge in [0.2, 0.25) is 5.78 Å². The molecule has 3 aromatic rings. The number of fused-ring (bicyclic) bond motifs is 3. The zero-order valence-electron chi connectivity index (χ0n) is 13.1. The van der Waals surface area contributed by atoms with E-state index in [2.05, 4.69) is 30.5 Å². The number of aromatic nitrogens is 1. The summed E-state index contributed by atoms with van der Waals surface area (Å²) in [6.07, 6.45) is 0. The maximum Gasteiger partial charge on any atom is 0.210 e. The lowest BCUT2D eigenvalue weighted by Gasteiger charge is -2.09. The molecule has 114 valence electrons. The van der Waals surface area contributed by atoms with Crippen LogP contribution < -0.4 is 0 Å². The molecular weight excluding hydrogens is 306 g/mol. The molecule has 0 spiro atoms. The summed E-state index contributed by atoms with van der Waals surface area (Å²) < 4.78 is 2.12. The Balaban J connectivity index is 2.11. The molecule has 1 aliphatic rings. The highest BCUT2D eigenvalue weighted by Crippen LogP contribution is 2.46. The molecule has 1 aromatic heterocycles. The third-order valence-corrected chi connectivity index (χ3v) is 4.85. The van der Waals surface area contributed by atoms with Crippen molar-refractivity contribution in [2.45, 2.75) is 20.4 Å². The van der Waals surface area contributed by atoms with Crippen LogP contribution in [0.1, 0.15) is 28.7 Å². The Kier molecular flexibility index (Phi) is 3.17. The van der Waals surface area contributed by atoms with Crippen LogP contribution in [-0.4, -0.2) is 10.4 Å². The van der Waals surface area contributed by atoms with E-state index in [-0.39, 0.29) is 5.78 Å². The van der Waals surface area contributed by atoms with Gasteiger partial charge in [0.1, 0.15) is 0 Å². The molecule has 1 heterocycles. The van der Waals surface area contributed by atoms with E-state index >= 15 is 0 Å². The van der Waals surface area contributed by atoms with Gasteiger partial charge in [0.05, 0.1) is 5.69 Å². The van der Waals surface area contributed by atoms with Gasteiger partial charge in [-0.25, -0.2) is 0 Å². The quantitative estimate of drug-likeness (QED) is 0.488. The molecule has 3 heteroatoms. The maximum atomic E-state index is 12.9. The Morgan fingerprint density at radius 3 is 2.43 bits per heavy atom. The standard InChI is InChI=1S/C20H16ClNO/c1-3-22-12(2)17(13-7-5-4-6-8-13)18-15-10-9-14(21)11-16(15)20(23)19(18)22/h4-11H,3H2,1-2H3. The van der Waals surface area contributed by atoms with Crippen molar-refractivity contribution in [3.63, 3.8) is 0 Å². The monoisotopic (exact) mass is 321 g/mol. The first kappa shape index (κ1) is 14.3.